The van der Waals surface area contributed by atoms with Gasteiger partial charge in [-0.2, -0.15) is 0 Å². The van der Waals surface area contributed by atoms with Crippen molar-refractivity contribution < 1.29 is 4.74 Å². The number of piperidine rings is 1. The predicted octanol–water partition coefficient (Wildman–Crippen LogP) is 2.26. The second-order valence-corrected chi connectivity index (χ2v) is 5.55. The van der Waals surface area contributed by atoms with E-state index >= 15 is 0 Å². The van der Waals surface area contributed by atoms with Gasteiger partial charge in [0.1, 0.15) is 0 Å². The zero-order valence-corrected chi connectivity index (χ0v) is 12.0. The van der Waals surface area contributed by atoms with Crippen molar-refractivity contribution in [2.45, 2.75) is 64.6 Å². The highest BCUT2D eigenvalue weighted by molar-refractivity contribution is 4.83. The van der Waals surface area contributed by atoms with E-state index in [2.05, 4.69) is 31.0 Å². The van der Waals surface area contributed by atoms with Gasteiger partial charge in [-0.1, -0.05) is 27.2 Å². The van der Waals surface area contributed by atoms with Crippen LogP contribution in [0.3, 0.4) is 0 Å². The van der Waals surface area contributed by atoms with Crippen LogP contribution in [0, 0.1) is 0 Å². The largest absolute Gasteiger partial charge is 0.383 e. The first-order valence-corrected chi connectivity index (χ1v) is 7.16. The molecule has 0 radical (unpaired) electrons. The molecule has 17 heavy (non-hydrogen) atoms. The normalized spacial score (nSPS) is 24.2. The lowest BCUT2D eigenvalue weighted by atomic mass is 10.0. The summed E-state index contributed by atoms with van der Waals surface area (Å²) in [7, 11) is 1.82. The lowest BCUT2D eigenvalue weighted by Crippen LogP contribution is -2.52. The summed E-state index contributed by atoms with van der Waals surface area (Å²) in [5.74, 6) is 0. The standard InChI is InChI=1S/C14H30N2O/c1-5-7-14(11-17-4)16-9-6-8-13(10-16)15-12(2)3/h12-15H,5-11H2,1-4H3. The maximum absolute atomic E-state index is 5.36. The molecule has 1 saturated heterocycles. The van der Waals surface area contributed by atoms with Crippen LogP contribution in [0.15, 0.2) is 0 Å². The lowest BCUT2D eigenvalue weighted by Gasteiger charge is -2.39. The number of nitrogens with zero attached hydrogens (tertiary/aromatic N) is 1. The molecular weight excluding hydrogens is 212 g/mol. The molecule has 2 atom stereocenters. The third-order valence-electron chi connectivity index (χ3n) is 3.52. The summed E-state index contributed by atoms with van der Waals surface area (Å²) in [5, 5.41) is 3.67. The van der Waals surface area contributed by atoms with Crippen molar-refractivity contribution in [2.24, 2.45) is 0 Å². The zero-order valence-electron chi connectivity index (χ0n) is 12.0. The molecule has 0 aromatic carbocycles. The fourth-order valence-electron chi connectivity index (χ4n) is 2.84. The quantitative estimate of drug-likeness (QED) is 0.741. The Hall–Kier alpha value is -0.120. The summed E-state index contributed by atoms with van der Waals surface area (Å²) in [6.45, 7) is 10.0. The molecule has 2 unspecified atom stereocenters. The summed E-state index contributed by atoms with van der Waals surface area (Å²) in [6, 6.07) is 1.87. The highest BCUT2D eigenvalue weighted by Gasteiger charge is 2.25. The Labute approximate surface area is 107 Å². The Balaban J connectivity index is 2.44. The first kappa shape index (κ1) is 14.9. The summed E-state index contributed by atoms with van der Waals surface area (Å²) in [6.07, 6.45) is 5.13. The summed E-state index contributed by atoms with van der Waals surface area (Å²) >= 11 is 0. The second kappa shape index (κ2) is 8.06. The number of nitrogens with one attached hydrogen (secondary N) is 1. The molecule has 1 heterocycles. The van der Waals surface area contributed by atoms with Crippen LogP contribution >= 0.6 is 0 Å². The van der Waals surface area contributed by atoms with Gasteiger partial charge < -0.3 is 10.1 Å². The lowest BCUT2D eigenvalue weighted by molar-refractivity contribution is 0.0606. The van der Waals surface area contributed by atoms with Gasteiger partial charge >= 0.3 is 0 Å². The molecule has 0 amide bonds. The molecule has 0 aliphatic carbocycles. The van der Waals surface area contributed by atoms with E-state index in [1.807, 2.05) is 7.11 Å². The highest BCUT2D eigenvalue weighted by atomic mass is 16.5. The fourth-order valence-corrected chi connectivity index (χ4v) is 2.84. The number of hydrogen-bond acceptors (Lipinski definition) is 3. The van der Waals surface area contributed by atoms with Gasteiger partial charge in [-0.15, -0.1) is 0 Å². The molecule has 0 spiro atoms. The van der Waals surface area contributed by atoms with Crippen LogP contribution in [0.4, 0.5) is 0 Å². The zero-order chi connectivity index (χ0) is 12.7. The molecule has 3 heteroatoms. The van der Waals surface area contributed by atoms with E-state index in [-0.39, 0.29) is 0 Å². The van der Waals surface area contributed by atoms with E-state index < -0.39 is 0 Å². The second-order valence-electron chi connectivity index (χ2n) is 5.55. The van der Waals surface area contributed by atoms with Gasteiger partial charge in [-0.3, -0.25) is 4.90 Å². The van der Waals surface area contributed by atoms with Gasteiger partial charge in [-0.25, -0.2) is 0 Å². The Morgan fingerprint density at radius 1 is 1.41 bits per heavy atom. The van der Waals surface area contributed by atoms with Gasteiger partial charge in [0.15, 0.2) is 0 Å². The Morgan fingerprint density at radius 2 is 2.18 bits per heavy atom. The number of rotatable bonds is 7. The topological polar surface area (TPSA) is 24.5 Å². The molecule has 0 saturated carbocycles. The van der Waals surface area contributed by atoms with Crippen molar-refractivity contribution in [1.29, 1.82) is 0 Å². The third kappa shape index (κ3) is 5.36. The van der Waals surface area contributed by atoms with Crippen LogP contribution in [0.5, 0.6) is 0 Å². The van der Waals surface area contributed by atoms with Crippen molar-refractivity contribution in [3.63, 3.8) is 0 Å². The molecule has 1 rings (SSSR count). The molecule has 3 nitrogen and oxygen atoms in total. The monoisotopic (exact) mass is 242 g/mol. The average Bonchev–Trinajstić information content (AvgIpc) is 2.28. The van der Waals surface area contributed by atoms with E-state index in [0.717, 1.165) is 6.61 Å². The van der Waals surface area contributed by atoms with Crippen molar-refractivity contribution in [2.75, 3.05) is 26.8 Å². The van der Waals surface area contributed by atoms with Crippen molar-refractivity contribution >= 4 is 0 Å². The first-order valence-electron chi connectivity index (χ1n) is 7.16. The van der Waals surface area contributed by atoms with E-state index in [0.29, 0.717) is 18.1 Å². The Morgan fingerprint density at radius 3 is 2.76 bits per heavy atom. The highest BCUT2D eigenvalue weighted by Crippen LogP contribution is 2.16. The van der Waals surface area contributed by atoms with E-state index in [1.54, 1.807) is 0 Å². The summed E-state index contributed by atoms with van der Waals surface area (Å²) < 4.78 is 5.36. The molecule has 0 aromatic rings. The molecule has 1 aliphatic rings. The van der Waals surface area contributed by atoms with Crippen LogP contribution in [0.25, 0.3) is 0 Å². The Kier molecular flexibility index (Phi) is 7.09. The average molecular weight is 242 g/mol. The molecule has 0 aromatic heterocycles. The van der Waals surface area contributed by atoms with Gasteiger partial charge in [-0.05, 0) is 25.8 Å². The van der Waals surface area contributed by atoms with Crippen molar-refractivity contribution in [3.05, 3.63) is 0 Å². The molecule has 0 bridgehead atoms. The van der Waals surface area contributed by atoms with Crippen LogP contribution in [0.1, 0.15) is 46.5 Å². The van der Waals surface area contributed by atoms with Crippen LogP contribution in [0.2, 0.25) is 0 Å². The van der Waals surface area contributed by atoms with Crippen LogP contribution < -0.4 is 5.32 Å². The maximum Gasteiger partial charge on any atom is 0.0618 e. The smallest absolute Gasteiger partial charge is 0.0618 e. The predicted molar refractivity (Wildman–Crippen MR) is 73.4 cm³/mol. The fraction of sp³-hybridized carbons (Fsp3) is 1.00. The number of likely N-dealkylation sites (tertiary alicyclic amines) is 1. The van der Waals surface area contributed by atoms with Gasteiger partial charge in [0.2, 0.25) is 0 Å². The molecule has 1 N–H and O–H groups in total. The maximum atomic E-state index is 5.36. The summed E-state index contributed by atoms with van der Waals surface area (Å²) in [4.78, 5) is 2.62. The van der Waals surface area contributed by atoms with E-state index in [1.165, 1.54) is 38.8 Å². The van der Waals surface area contributed by atoms with E-state index in [4.69, 9.17) is 4.74 Å². The van der Waals surface area contributed by atoms with Crippen LogP contribution in [-0.2, 0) is 4.74 Å². The molecule has 102 valence electrons. The first-order chi connectivity index (χ1) is 8.17. The summed E-state index contributed by atoms with van der Waals surface area (Å²) in [5.41, 5.74) is 0. The minimum Gasteiger partial charge on any atom is -0.383 e. The van der Waals surface area contributed by atoms with Crippen molar-refractivity contribution in [1.82, 2.24) is 10.2 Å². The number of ether oxygens (including phenoxy) is 1. The van der Waals surface area contributed by atoms with E-state index in [9.17, 15) is 0 Å². The molecule has 1 aliphatic heterocycles. The van der Waals surface area contributed by atoms with Gasteiger partial charge in [0.05, 0.1) is 6.61 Å². The van der Waals surface area contributed by atoms with Crippen molar-refractivity contribution in [3.8, 4) is 0 Å². The molecule has 1 fully saturated rings. The van der Waals surface area contributed by atoms with Gasteiger partial charge in [0.25, 0.3) is 0 Å². The SMILES string of the molecule is CCCC(COC)N1CCCC(NC(C)C)C1. The number of methoxy groups -OCH3 is 1. The Bertz CT molecular complexity index is 191. The van der Waals surface area contributed by atoms with Gasteiger partial charge in [0, 0.05) is 31.8 Å². The minimum atomic E-state index is 0.590. The number of hydrogen-bond donors (Lipinski definition) is 1. The minimum absolute atomic E-state index is 0.590. The van der Waals surface area contributed by atoms with Crippen LogP contribution in [-0.4, -0.2) is 49.8 Å². The molecular formula is C14H30N2O. The third-order valence-corrected chi connectivity index (χ3v) is 3.52.